The molecule has 9 rings (SSSR count). The molecule has 6 heterocycles. The van der Waals surface area contributed by atoms with Crippen LogP contribution in [0.3, 0.4) is 0 Å². The maximum Gasteiger partial charge on any atom is 0.344 e. The number of hydrogen-bond acceptors (Lipinski definition) is 12. The van der Waals surface area contributed by atoms with Gasteiger partial charge in [-0.05, 0) is 79.8 Å². The summed E-state index contributed by atoms with van der Waals surface area (Å²) in [5.74, 6) is -1.79. The second kappa shape index (κ2) is 14.4. The van der Waals surface area contributed by atoms with Gasteiger partial charge < -0.3 is 33.9 Å². The van der Waals surface area contributed by atoms with Gasteiger partial charge in [-0.2, -0.15) is 0 Å². The molecule has 2 aromatic carbocycles. The fraction of sp³-hybridized carbons (Fsp3) is 0.543. The molecule has 2 N–H and O–H groups in total. The minimum Gasteiger partial charge on any atom is -0.496 e. The highest BCUT2D eigenvalue weighted by molar-refractivity contribution is 7.98. The second-order valence-corrected chi connectivity index (χ2v) is 18.3. The van der Waals surface area contributed by atoms with E-state index in [1.165, 1.54) is 26.7 Å². The number of anilines is 1. The molecule has 1 spiro atoms. The standard InChI is InChI=1S/C46H56N4O8S/c1-9-26-17-27-21-45(42(52)56-6,38-31(24-49(22-26)23-27)30-18-29(59-8)11-12-34(30)47-38)33-19-32-35(20-36(33)55-5)48(4)41-44(32)14-16-50-15-13-28(10-2)37(39(44)50)40(58-25(3)51)46(41,54)43(53)57-7/h11-13,17-20,27,37,39-41,47,54H,9-10,14-16,21-24H2,1-8H3/t27-,37?,39+,40-,41-,44-,45+,46-/m1/s1. The van der Waals surface area contributed by atoms with E-state index in [1.807, 2.05) is 18.0 Å². The van der Waals surface area contributed by atoms with Crippen molar-refractivity contribution < 1.29 is 38.4 Å². The van der Waals surface area contributed by atoms with Crippen LogP contribution in [0, 0.1) is 11.8 Å². The van der Waals surface area contributed by atoms with Gasteiger partial charge in [0.05, 0.1) is 27.4 Å². The van der Waals surface area contributed by atoms with Crippen LogP contribution in [0.5, 0.6) is 5.75 Å². The lowest BCUT2D eigenvalue weighted by Crippen LogP contribution is -2.78. The lowest BCUT2D eigenvalue weighted by molar-refractivity contribution is -0.212. The Hall–Kier alpha value is -4.30. The number of carbonyl (C=O) groups excluding carboxylic acids is 3. The van der Waals surface area contributed by atoms with Crippen LogP contribution in [0.4, 0.5) is 5.69 Å². The molecule has 2 bridgehead atoms. The van der Waals surface area contributed by atoms with Gasteiger partial charge in [0.1, 0.15) is 11.2 Å². The van der Waals surface area contributed by atoms with Gasteiger partial charge in [-0.15, -0.1) is 11.8 Å². The average Bonchev–Trinajstić information content (AvgIpc) is 3.88. The number of hydrogen-bond donors (Lipinski definition) is 2. The third-order valence-corrected chi connectivity index (χ3v) is 15.6. The summed E-state index contributed by atoms with van der Waals surface area (Å²) >= 11 is 1.69. The molecule has 9 atom stereocenters. The summed E-state index contributed by atoms with van der Waals surface area (Å²) in [5.41, 5.74) is 3.11. The van der Waals surface area contributed by atoms with Crippen LogP contribution in [0.1, 0.15) is 68.8 Å². The molecule has 3 aromatic rings. The Morgan fingerprint density at radius 1 is 1.02 bits per heavy atom. The SMILES string of the molecule is CCC1=C[C@H]2CN(C1)Cc1c([nH]c3ccc(SC)cc13)[C@@](C(=O)OC)(c1cc3c(cc1OC)N(C)[C@H]1[C@@](O)(C(=O)OC)[C@H](OC(C)=O)C4C(CC)=CCN5CC[C@]31[C@H]45)C2. The Morgan fingerprint density at radius 3 is 2.47 bits per heavy atom. The minimum absolute atomic E-state index is 0.0243. The van der Waals surface area contributed by atoms with Crippen LogP contribution in [0.15, 0.2) is 58.5 Å². The molecule has 0 radical (unpaired) electrons. The maximum atomic E-state index is 15.3. The third kappa shape index (κ3) is 5.42. The zero-order valence-electron chi connectivity index (χ0n) is 35.3. The van der Waals surface area contributed by atoms with E-state index in [0.717, 1.165) is 63.4 Å². The Morgan fingerprint density at radius 2 is 1.80 bits per heavy atom. The van der Waals surface area contributed by atoms with Crippen LogP contribution in [0.25, 0.3) is 10.9 Å². The van der Waals surface area contributed by atoms with Gasteiger partial charge in [0, 0.05) is 96.3 Å². The number of benzene rings is 2. The predicted octanol–water partition coefficient (Wildman–Crippen LogP) is 5.48. The topological polar surface area (TPSA) is 134 Å². The fourth-order valence-corrected chi connectivity index (χ4v) is 13.2. The first-order valence-corrected chi connectivity index (χ1v) is 22.1. The van der Waals surface area contributed by atoms with Crippen molar-refractivity contribution in [3.05, 3.63) is 76.0 Å². The molecule has 5 aliphatic heterocycles. The minimum atomic E-state index is -2.25. The largest absolute Gasteiger partial charge is 0.496 e. The third-order valence-electron chi connectivity index (χ3n) is 14.9. The van der Waals surface area contributed by atoms with Gasteiger partial charge in [-0.25, -0.2) is 4.79 Å². The first-order valence-electron chi connectivity index (χ1n) is 20.9. The van der Waals surface area contributed by atoms with Crippen LogP contribution in [0.2, 0.25) is 0 Å². The Kier molecular flexibility index (Phi) is 9.81. The zero-order chi connectivity index (χ0) is 41.8. The molecule has 1 aromatic heterocycles. The maximum absolute atomic E-state index is 15.3. The molecule has 13 heteroatoms. The number of aromatic nitrogens is 1. The lowest BCUT2D eigenvalue weighted by atomic mass is 9.52. The van der Waals surface area contributed by atoms with E-state index in [9.17, 15) is 14.7 Å². The van der Waals surface area contributed by atoms with Gasteiger partial charge in [-0.3, -0.25) is 19.4 Å². The molecule has 2 fully saturated rings. The Bertz CT molecular complexity index is 2320. The van der Waals surface area contributed by atoms with Gasteiger partial charge in [0.2, 0.25) is 5.60 Å². The van der Waals surface area contributed by atoms with Crippen molar-refractivity contribution in [2.75, 3.05) is 65.7 Å². The Balaban J connectivity index is 1.36. The van der Waals surface area contributed by atoms with Crippen molar-refractivity contribution in [3.63, 3.8) is 0 Å². The molecule has 1 saturated carbocycles. The number of methoxy groups -OCH3 is 3. The van der Waals surface area contributed by atoms with Crippen LogP contribution < -0.4 is 9.64 Å². The zero-order valence-corrected chi connectivity index (χ0v) is 36.2. The van der Waals surface area contributed by atoms with Crippen LogP contribution in [-0.2, 0) is 46.0 Å². The number of nitrogens with zero attached hydrogens (tertiary/aromatic N) is 3. The van der Waals surface area contributed by atoms with E-state index in [-0.39, 0.29) is 17.9 Å². The summed E-state index contributed by atoms with van der Waals surface area (Å²) in [4.78, 5) is 54.4. The van der Waals surface area contributed by atoms with Crippen molar-refractivity contribution in [1.82, 2.24) is 14.8 Å². The number of fused-ring (bicyclic) bond motifs is 6. The molecule has 1 aliphatic carbocycles. The molecular formula is C46H56N4O8S. The summed E-state index contributed by atoms with van der Waals surface area (Å²) in [7, 11) is 6.25. The van der Waals surface area contributed by atoms with E-state index in [1.54, 1.807) is 18.9 Å². The van der Waals surface area contributed by atoms with Gasteiger partial charge in [0.15, 0.2) is 6.10 Å². The van der Waals surface area contributed by atoms with Crippen molar-refractivity contribution in [3.8, 4) is 5.75 Å². The predicted molar refractivity (Wildman–Crippen MR) is 226 cm³/mol. The summed E-state index contributed by atoms with van der Waals surface area (Å²) in [6.45, 7) is 9.26. The average molecular weight is 825 g/mol. The molecule has 1 saturated heterocycles. The normalized spacial score (nSPS) is 33.1. The molecule has 314 valence electrons. The second-order valence-electron chi connectivity index (χ2n) is 17.4. The molecule has 2 unspecified atom stereocenters. The summed E-state index contributed by atoms with van der Waals surface area (Å²) in [6.07, 6.45) is 8.00. The van der Waals surface area contributed by atoms with E-state index < -0.39 is 46.4 Å². The number of likely N-dealkylation sites (N-methyl/N-ethyl adjacent to an activating group) is 1. The number of rotatable bonds is 8. The van der Waals surface area contributed by atoms with Gasteiger partial charge in [-0.1, -0.05) is 37.1 Å². The number of ether oxygens (including phenoxy) is 4. The van der Waals surface area contributed by atoms with Crippen LogP contribution in [-0.4, -0.2) is 122 Å². The number of aliphatic hydroxyl groups is 1. The fourth-order valence-electron chi connectivity index (χ4n) is 12.7. The summed E-state index contributed by atoms with van der Waals surface area (Å²) < 4.78 is 23.9. The summed E-state index contributed by atoms with van der Waals surface area (Å²) in [6, 6.07) is 9.43. The van der Waals surface area contributed by atoms with E-state index >= 15 is 4.79 Å². The van der Waals surface area contributed by atoms with Gasteiger partial charge >= 0.3 is 17.9 Å². The number of nitrogens with one attached hydrogen (secondary N) is 1. The number of carbonyl (C=O) groups is 3. The number of aromatic amines is 1. The van der Waals surface area contributed by atoms with Crippen molar-refractivity contribution >= 4 is 46.3 Å². The monoisotopic (exact) mass is 824 g/mol. The highest BCUT2D eigenvalue weighted by Crippen LogP contribution is 2.65. The number of esters is 3. The smallest absolute Gasteiger partial charge is 0.344 e. The first kappa shape index (κ1) is 40.1. The molecule has 12 nitrogen and oxygen atoms in total. The summed E-state index contributed by atoms with van der Waals surface area (Å²) in [5, 5.41) is 14.3. The molecule has 59 heavy (non-hydrogen) atoms. The van der Waals surface area contributed by atoms with Crippen molar-refractivity contribution in [2.45, 2.75) is 92.5 Å². The van der Waals surface area contributed by atoms with E-state index in [0.29, 0.717) is 50.2 Å². The van der Waals surface area contributed by atoms with Crippen molar-refractivity contribution in [2.24, 2.45) is 11.8 Å². The van der Waals surface area contributed by atoms with Gasteiger partial charge in [0.25, 0.3) is 0 Å². The Labute approximate surface area is 350 Å². The molecular weight excluding hydrogens is 769 g/mol. The highest BCUT2D eigenvalue weighted by Gasteiger charge is 2.77. The van der Waals surface area contributed by atoms with Crippen LogP contribution >= 0.6 is 11.8 Å². The lowest BCUT2D eigenvalue weighted by Gasteiger charge is -2.59. The number of thioether (sulfide) groups is 1. The quantitative estimate of drug-likeness (QED) is 0.129. The van der Waals surface area contributed by atoms with E-state index in [2.05, 4.69) is 71.3 Å². The highest BCUT2D eigenvalue weighted by atomic mass is 32.2. The molecule has 6 aliphatic rings. The van der Waals surface area contributed by atoms with Crippen molar-refractivity contribution in [1.29, 1.82) is 0 Å². The van der Waals surface area contributed by atoms with E-state index in [4.69, 9.17) is 18.9 Å². The first-order chi connectivity index (χ1) is 28.3. The number of H-pyrrole nitrogens is 1. The molecule has 0 amide bonds.